The molecule has 1 unspecified atom stereocenters. The number of carbonyl (C=O) groups excluding carboxylic acids is 1. The van der Waals surface area contributed by atoms with Gasteiger partial charge in [0.25, 0.3) is 0 Å². The Balaban J connectivity index is 1.36. The van der Waals surface area contributed by atoms with Crippen LogP contribution in [0.2, 0.25) is 0 Å². The number of likely N-dealkylation sites (tertiary alicyclic amines) is 1. The van der Waals surface area contributed by atoms with Gasteiger partial charge in [-0.1, -0.05) is 6.42 Å². The van der Waals surface area contributed by atoms with Crippen molar-refractivity contribution in [3.63, 3.8) is 0 Å². The van der Waals surface area contributed by atoms with Crippen molar-refractivity contribution in [1.82, 2.24) is 9.88 Å². The van der Waals surface area contributed by atoms with Gasteiger partial charge in [0.2, 0.25) is 5.91 Å². The molecule has 0 bridgehead atoms. The Morgan fingerprint density at radius 3 is 2.74 bits per heavy atom. The monoisotopic (exact) mass is 421 g/mol. The molecule has 3 heterocycles. The number of carbonyl (C=O) groups is 1. The number of anilines is 1. The van der Waals surface area contributed by atoms with Crippen LogP contribution < -0.4 is 10.1 Å². The van der Waals surface area contributed by atoms with Gasteiger partial charge in [0.15, 0.2) is 0 Å². The van der Waals surface area contributed by atoms with Crippen LogP contribution in [0.3, 0.4) is 0 Å². The summed E-state index contributed by atoms with van der Waals surface area (Å²) in [6.07, 6.45) is 6.31. The average molecular weight is 421 g/mol. The number of nitrogens with zero attached hydrogens (tertiary/aromatic N) is 2. The molecule has 1 aliphatic rings. The topological polar surface area (TPSA) is 76.8 Å². The van der Waals surface area contributed by atoms with Crippen molar-refractivity contribution in [1.29, 1.82) is 0 Å². The molecule has 0 saturated carbocycles. The number of ether oxygens (including phenoxy) is 2. The second-order valence-corrected chi connectivity index (χ2v) is 7.59. The molecule has 2 aromatic heterocycles. The molecular formula is C24H27N3O4. The number of rotatable bonds is 8. The molecule has 1 amide bonds. The lowest BCUT2D eigenvalue weighted by atomic mass is 10.0. The summed E-state index contributed by atoms with van der Waals surface area (Å²) >= 11 is 0. The van der Waals surface area contributed by atoms with Gasteiger partial charge < -0.3 is 19.2 Å². The maximum atomic E-state index is 13.0. The van der Waals surface area contributed by atoms with Crippen molar-refractivity contribution in [3.8, 4) is 11.5 Å². The molecule has 0 aliphatic carbocycles. The highest BCUT2D eigenvalue weighted by molar-refractivity contribution is 5.94. The van der Waals surface area contributed by atoms with E-state index in [0.717, 1.165) is 43.0 Å². The van der Waals surface area contributed by atoms with Crippen LogP contribution in [0.25, 0.3) is 0 Å². The molecule has 162 valence electrons. The third kappa shape index (κ3) is 5.71. The maximum absolute atomic E-state index is 13.0. The molecule has 1 aliphatic heterocycles. The van der Waals surface area contributed by atoms with Gasteiger partial charge in [0.1, 0.15) is 29.6 Å². The molecule has 1 atom stereocenters. The van der Waals surface area contributed by atoms with E-state index in [1.807, 2.05) is 48.5 Å². The highest BCUT2D eigenvalue weighted by Gasteiger charge is 2.29. The first-order chi connectivity index (χ1) is 15.2. The summed E-state index contributed by atoms with van der Waals surface area (Å²) in [5, 5.41) is 3.04. The SMILES string of the molecule is COCc1ccc(CN2CCCCC2C(=O)Nc2ccc(Oc3cccnc3)cc2)o1. The van der Waals surface area contributed by atoms with Crippen LogP contribution in [-0.2, 0) is 22.7 Å². The van der Waals surface area contributed by atoms with Crippen LogP contribution in [0.15, 0.2) is 65.3 Å². The Hall–Kier alpha value is -3.16. The molecule has 7 nitrogen and oxygen atoms in total. The van der Waals surface area contributed by atoms with E-state index < -0.39 is 0 Å². The van der Waals surface area contributed by atoms with E-state index in [4.69, 9.17) is 13.9 Å². The van der Waals surface area contributed by atoms with Gasteiger partial charge in [-0.2, -0.15) is 0 Å². The number of amides is 1. The van der Waals surface area contributed by atoms with Crippen molar-refractivity contribution in [2.45, 2.75) is 38.5 Å². The van der Waals surface area contributed by atoms with E-state index in [1.165, 1.54) is 0 Å². The smallest absolute Gasteiger partial charge is 0.241 e. The molecule has 7 heteroatoms. The number of hydrogen-bond donors (Lipinski definition) is 1. The van der Waals surface area contributed by atoms with Gasteiger partial charge in [-0.3, -0.25) is 14.7 Å². The fourth-order valence-electron chi connectivity index (χ4n) is 3.78. The van der Waals surface area contributed by atoms with Gasteiger partial charge in [-0.05, 0) is 67.9 Å². The van der Waals surface area contributed by atoms with Crippen molar-refractivity contribution < 1.29 is 18.7 Å². The lowest BCUT2D eigenvalue weighted by Crippen LogP contribution is -2.46. The summed E-state index contributed by atoms with van der Waals surface area (Å²) in [5.41, 5.74) is 0.745. The number of benzene rings is 1. The first-order valence-corrected chi connectivity index (χ1v) is 10.5. The van der Waals surface area contributed by atoms with Crippen molar-refractivity contribution in [2.24, 2.45) is 0 Å². The van der Waals surface area contributed by atoms with E-state index in [2.05, 4.69) is 15.2 Å². The third-order valence-corrected chi connectivity index (χ3v) is 5.27. The Kier molecular flexibility index (Phi) is 6.96. The normalized spacial score (nSPS) is 16.7. The number of methoxy groups -OCH3 is 1. The Morgan fingerprint density at radius 1 is 1.13 bits per heavy atom. The number of pyridine rings is 1. The summed E-state index contributed by atoms with van der Waals surface area (Å²) in [4.78, 5) is 19.2. The minimum atomic E-state index is -0.184. The van der Waals surface area contributed by atoms with Gasteiger partial charge in [0.05, 0.1) is 18.8 Å². The number of furan rings is 1. The second-order valence-electron chi connectivity index (χ2n) is 7.59. The number of piperidine rings is 1. The molecule has 0 spiro atoms. The molecule has 0 radical (unpaired) electrons. The van der Waals surface area contributed by atoms with Crippen molar-refractivity contribution >= 4 is 11.6 Å². The molecule has 31 heavy (non-hydrogen) atoms. The first kappa shape index (κ1) is 21.1. The Bertz CT molecular complexity index is 972. The standard InChI is InChI=1S/C24H27N3O4/c1-29-17-22-12-11-21(31-22)16-27-14-3-2-6-23(27)24(28)26-18-7-9-19(10-8-18)30-20-5-4-13-25-15-20/h4-5,7-13,15,23H,2-3,6,14,16-17H2,1H3,(H,26,28). The van der Waals surface area contributed by atoms with Crippen LogP contribution in [0, 0.1) is 0 Å². The van der Waals surface area contributed by atoms with E-state index in [-0.39, 0.29) is 11.9 Å². The van der Waals surface area contributed by atoms with Crippen molar-refractivity contribution in [2.75, 3.05) is 19.0 Å². The molecule has 1 N–H and O–H groups in total. The van der Waals surface area contributed by atoms with E-state index in [1.54, 1.807) is 19.5 Å². The summed E-state index contributed by atoms with van der Waals surface area (Å²) in [7, 11) is 1.64. The summed E-state index contributed by atoms with van der Waals surface area (Å²) in [6, 6.07) is 14.7. The lowest BCUT2D eigenvalue weighted by Gasteiger charge is -2.34. The van der Waals surface area contributed by atoms with E-state index in [9.17, 15) is 4.79 Å². The lowest BCUT2D eigenvalue weighted by molar-refractivity contribution is -0.122. The van der Waals surface area contributed by atoms with Crippen LogP contribution in [0.5, 0.6) is 11.5 Å². The minimum Gasteiger partial charge on any atom is -0.462 e. The predicted molar refractivity (Wildman–Crippen MR) is 117 cm³/mol. The molecular weight excluding hydrogens is 394 g/mol. The van der Waals surface area contributed by atoms with Gasteiger partial charge >= 0.3 is 0 Å². The van der Waals surface area contributed by atoms with Gasteiger partial charge in [-0.15, -0.1) is 0 Å². The van der Waals surface area contributed by atoms with E-state index in [0.29, 0.717) is 24.7 Å². The summed E-state index contributed by atoms with van der Waals surface area (Å²) in [6.45, 7) is 1.93. The highest BCUT2D eigenvalue weighted by Crippen LogP contribution is 2.24. The fraction of sp³-hybridized carbons (Fsp3) is 0.333. The summed E-state index contributed by atoms with van der Waals surface area (Å²) in [5.74, 6) is 3.01. The first-order valence-electron chi connectivity index (χ1n) is 10.5. The Morgan fingerprint density at radius 2 is 1.97 bits per heavy atom. The maximum Gasteiger partial charge on any atom is 0.241 e. The fourth-order valence-corrected chi connectivity index (χ4v) is 3.78. The zero-order valence-corrected chi connectivity index (χ0v) is 17.6. The largest absolute Gasteiger partial charge is 0.462 e. The molecule has 1 fully saturated rings. The van der Waals surface area contributed by atoms with Crippen LogP contribution in [0.1, 0.15) is 30.8 Å². The number of aromatic nitrogens is 1. The quantitative estimate of drug-likeness (QED) is 0.573. The minimum absolute atomic E-state index is 0.00398. The van der Waals surface area contributed by atoms with Gasteiger partial charge in [-0.25, -0.2) is 0 Å². The van der Waals surface area contributed by atoms with Crippen LogP contribution in [0.4, 0.5) is 5.69 Å². The molecule has 1 aromatic carbocycles. The molecule has 1 saturated heterocycles. The third-order valence-electron chi connectivity index (χ3n) is 5.27. The highest BCUT2D eigenvalue weighted by atomic mass is 16.5. The summed E-state index contributed by atoms with van der Waals surface area (Å²) < 4.78 is 16.7. The van der Waals surface area contributed by atoms with Crippen LogP contribution >= 0.6 is 0 Å². The number of nitrogens with one attached hydrogen (secondary N) is 1. The van der Waals surface area contributed by atoms with Crippen molar-refractivity contribution in [3.05, 3.63) is 72.4 Å². The predicted octanol–water partition coefficient (Wildman–Crippen LogP) is 4.61. The van der Waals surface area contributed by atoms with Gasteiger partial charge in [0, 0.05) is 19.0 Å². The van der Waals surface area contributed by atoms with Crippen LogP contribution in [-0.4, -0.2) is 35.5 Å². The second kappa shape index (κ2) is 10.2. The average Bonchev–Trinajstić information content (AvgIpc) is 3.23. The number of hydrogen-bond acceptors (Lipinski definition) is 6. The zero-order chi connectivity index (χ0) is 21.5. The Labute approximate surface area is 182 Å². The molecule has 4 rings (SSSR count). The molecule has 3 aromatic rings. The zero-order valence-electron chi connectivity index (χ0n) is 17.6. The van der Waals surface area contributed by atoms with E-state index >= 15 is 0 Å².